The van der Waals surface area contributed by atoms with E-state index in [0.29, 0.717) is 30.3 Å². The van der Waals surface area contributed by atoms with Crippen LogP contribution < -0.4 is 0 Å². The van der Waals surface area contributed by atoms with Crippen molar-refractivity contribution >= 4 is 17.3 Å². The average Bonchev–Trinajstić information content (AvgIpc) is 3.52. The third kappa shape index (κ3) is 3.86. The number of aliphatic carboxylic acids is 1. The zero-order valence-corrected chi connectivity index (χ0v) is 20.2. The van der Waals surface area contributed by atoms with Crippen molar-refractivity contribution in [2.24, 2.45) is 5.92 Å². The Morgan fingerprint density at radius 2 is 1.86 bits per heavy atom. The Balaban J connectivity index is 1.23. The Hall–Kier alpha value is -3.36. The monoisotopic (exact) mass is 489 g/mol. The van der Waals surface area contributed by atoms with Crippen molar-refractivity contribution in [3.63, 3.8) is 0 Å². The van der Waals surface area contributed by atoms with Crippen LogP contribution >= 0.6 is 11.3 Å². The van der Waals surface area contributed by atoms with Crippen LogP contribution in [-0.4, -0.2) is 32.2 Å². The summed E-state index contributed by atoms with van der Waals surface area (Å²) in [6.07, 6.45) is 1.42. The predicted molar refractivity (Wildman–Crippen MR) is 131 cm³/mol. The van der Waals surface area contributed by atoms with Gasteiger partial charge in [-0.2, -0.15) is 16.3 Å². The van der Waals surface area contributed by atoms with Gasteiger partial charge in [-0.25, -0.2) is 4.39 Å². The van der Waals surface area contributed by atoms with Crippen molar-refractivity contribution in [2.45, 2.75) is 45.8 Å². The molecule has 1 fully saturated rings. The van der Waals surface area contributed by atoms with Crippen LogP contribution in [-0.2, 0) is 17.9 Å². The zero-order chi connectivity index (χ0) is 24.3. The van der Waals surface area contributed by atoms with Crippen molar-refractivity contribution in [1.82, 2.24) is 15.0 Å². The number of fused-ring (bicyclic) bond motifs is 1. The van der Waals surface area contributed by atoms with Crippen LogP contribution in [0.1, 0.15) is 35.1 Å². The highest BCUT2D eigenvalue weighted by atomic mass is 32.1. The topological polar surface area (TPSA) is 79.5 Å². The van der Waals surface area contributed by atoms with Crippen LogP contribution in [0.2, 0.25) is 0 Å². The summed E-state index contributed by atoms with van der Waals surface area (Å²) in [5.41, 5.74) is 7.51. The smallest absolute Gasteiger partial charge is 0.306 e. The largest absolute Gasteiger partial charge is 0.481 e. The summed E-state index contributed by atoms with van der Waals surface area (Å²) in [7, 11) is 0. The van der Waals surface area contributed by atoms with Gasteiger partial charge in [-0.15, -0.1) is 0 Å². The molecule has 35 heavy (non-hydrogen) atoms. The van der Waals surface area contributed by atoms with Gasteiger partial charge in [0.2, 0.25) is 5.82 Å². The molecule has 6 nitrogen and oxygen atoms in total. The lowest BCUT2D eigenvalue weighted by Crippen LogP contribution is -2.44. The van der Waals surface area contributed by atoms with Gasteiger partial charge in [-0.1, -0.05) is 17.3 Å². The Kier molecular flexibility index (Phi) is 5.30. The number of nitrogens with zero attached hydrogens (tertiary/aromatic N) is 3. The quantitative estimate of drug-likeness (QED) is 0.367. The minimum atomic E-state index is -0.698. The maximum absolute atomic E-state index is 15.1. The number of benzene rings is 2. The Morgan fingerprint density at radius 1 is 1.06 bits per heavy atom. The van der Waals surface area contributed by atoms with E-state index in [1.54, 1.807) is 23.5 Å². The second-order valence-electron chi connectivity index (χ2n) is 9.59. The Labute approximate surface area is 206 Å². The minimum absolute atomic E-state index is 0.158. The van der Waals surface area contributed by atoms with Crippen molar-refractivity contribution < 1.29 is 18.8 Å². The molecule has 2 aromatic heterocycles. The van der Waals surface area contributed by atoms with Crippen LogP contribution in [0.5, 0.6) is 0 Å². The Morgan fingerprint density at radius 3 is 2.60 bits per heavy atom. The second-order valence-corrected chi connectivity index (χ2v) is 10.3. The van der Waals surface area contributed by atoms with Gasteiger partial charge in [0.1, 0.15) is 5.82 Å². The molecule has 0 spiro atoms. The van der Waals surface area contributed by atoms with Crippen molar-refractivity contribution in [1.29, 1.82) is 0 Å². The van der Waals surface area contributed by atoms with Crippen LogP contribution in [0.25, 0.3) is 34.0 Å². The predicted octanol–water partition coefficient (Wildman–Crippen LogP) is 6.07. The fourth-order valence-electron chi connectivity index (χ4n) is 5.13. The minimum Gasteiger partial charge on any atom is -0.481 e. The third-order valence-electron chi connectivity index (χ3n) is 7.31. The molecule has 1 N–H and O–H groups in total. The first kappa shape index (κ1) is 22.1. The van der Waals surface area contributed by atoms with Gasteiger partial charge in [0, 0.05) is 24.7 Å². The summed E-state index contributed by atoms with van der Waals surface area (Å²) in [4.78, 5) is 18.0. The molecule has 2 aromatic carbocycles. The molecular weight excluding hydrogens is 465 g/mol. The maximum atomic E-state index is 15.1. The normalized spacial score (nSPS) is 19.5. The summed E-state index contributed by atoms with van der Waals surface area (Å²) >= 11 is 1.60. The molecule has 1 aliphatic carbocycles. The van der Waals surface area contributed by atoms with E-state index in [4.69, 9.17) is 9.63 Å². The molecule has 2 aliphatic rings. The fourth-order valence-corrected chi connectivity index (χ4v) is 5.98. The summed E-state index contributed by atoms with van der Waals surface area (Å²) in [5.74, 6) is -0.729. The molecular formula is C27H24FN3O3S. The first-order valence-corrected chi connectivity index (χ1v) is 12.6. The number of thiophene rings is 1. The van der Waals surface area contributed by atoms with Crippen LogP contribution in [0.4, 0.5) is 4.39 Å². The van der Waals surface area contributed by atoms with Gasteiger partial charge in [0.15, 0.2) is 0 Å². The number of aromatic nitrogens is 2. The highest BCUT2D eigenvalue weighted by Gasteiger charge is 2.39. The molecule has 178 valence electrons. The molecule has 0 atom stereocenters. The van der Waals surface area contributed by atoms with Crippen molar-refractivity contribution in [3.8, 4) is 34.0 Å². The van der Waals surface area contributed by atoms with Gasteiger partial charge in [0.05, 0.1) is 11.5 Å². The summed E-state index contributed by atoms with van der Waals surface area (Å²) in [6, 6.07) is 9.71. The van der Waals surface area contributed by atoms with Crippen LogP contribution in [0.3, 0.4) is 0 Å². The van der Waals surface area contributed by atoms with E-state index in [1.807, 2.05) is 25.3 Å². The Bertz CT molecular complexity index is 1450. The van der Waals surface area contributed by atoms with E-state index >= 15 is 4.39 Å². The molecule has 8 heteroatoms. The van der Waals surface area contributed by atoms with Crippen molar-refractivity contribution in [2.75, 3.05) is 0 Å². The lowest BCUT2D eigenvalue weighted by molar-refractivity contribution is -0.147. The van der Waals surface area contributed by atoms with Gasteiger partial charge in [0.25, 0.3) is 5.89 Å². The highest BCUT2D eigenvalue weighted by molar-refractivity contribution is 7.08. The fraction of sp³-hybridized carbons (Fsp3) is 0.296. The van der Waals surface area contributed by atoms with E-state index in [0.717, 1.165) is 40.9 Å². The molecule has 0 saturated heterocycles. The molecule has 1 aliphatic heterocycles. The molecule has 3 heterocycles. The van der Waals surface area contributed by atoms with E-state index in [9.17, 15) is 4.79 Å². The SMILES string of the molecule is Cc1cscc1-c1cc(F)c(-c2nc(-c3ccc4c(c3)CN(C3CC(C(=O)O)C3)C4)no2)cc1C. The molecule has 1 saturated carbocycles. The van der Waals surface area contributed by atoms with E-state index in [1.165, 1.54) is 11.1 Å². The van der Waals surface area contributed by atoms with Gasteiger partial charge < -0.3 is 9.63 Å². The third-order valence-corrected chi connectivity index (χ3v) is 8.17. The number of halogens is 1. The summed E-state index contributed by atoms with van der Waals surface area (Å²) < 4.78 is 20.6. The van der Waals surface area contributed by atoms with E-state index < -0.39 is 11.8 Å². The molecule has 4 aromatic rings. The first-order chi connectivity index (χ1) is 16.9. The second kappa shape index (κ2) is 8.39. The molecule has 0 unspecified atom stereocenters. The van der Waals surface area contributed by atoms with Crippen LogP contribution in [0.15, 0.2) is 45.6 Å². The molecule has 0 radical (unpaired) electrons. The number of hydrogen-bond acceptors (Lipinski definition) is 6. The average molecular weight is 490 g/mol. The highest BCUT2D eigenvalue weighted by Crippen LogP contribution is 2.38. The van der Waals surface area contributed by atoms with Crippen LogP contribution in [0, 0.1) is 25.6 Å². The number of aryl methyl sites for hydroxylation is 2. The van der Waals surface area contributed by atoms with Gasteiger partial charge in [-0.3, -0.25) is 9.69 Å². The number of hydrogen-bond donors (Lipinski definition) is 1. The molecule has 6 rings (SSSR count). The first-order valence-electron chi connectivity index (χ1n) is 11.6. The van der Waals surface area contributed by atoms with E-state index in [2.05, 4.69) is 32.6 Å². The van der Waals surface area contributed by atoms with Gasteiger partial charge in [-0.05, 0) is 89.0 Å². The van der Waals surface area contributed by atoms with Crippen molar-refractivity contribution in [3.05, 3.63) is 69.2 Å². The summed E-state index contributed by atoms with van der Waals surface area (Å²) in [6.45, 7) is 5.59. The molecule has 0 bridgehead atoms. The lowest BCUT2D eigenvalue weighted by atomic mass is 9.79. The number of carbonyl (C=O) groups is 1. The lowest BCUT2D eigenvalue weighted by Gasteiger charge is -2.39. The number of carboxylic acids is 1. The summed E-state index contributed by atoms with van der Waals surface area (Å²) in [5, 5.41) is 17.4. The number of rotatable bonds is 5. The molecule has 0 amide bonds. The standard InChI is InChI=1S/C27H24FN3O3S/c1-14-5-22(24(28)9-21(14)23-13-35-12-15(23)2)26-29-25(30-34-26)16-3-4-17-10-31(11-19(17)6-16)20-7-18(8-20)27(32)33/h3-6,9,12-13,18,20H,7-8,10-11H2,1-2H3,(H,32,33). The maximum Gasteiger partial charge on any atom is 0.306 e. The zero-order valence-electron chi connectivity index (χ0n) is 19.4. The number of carboxylic acid groups (broad SMARTS) is 1. The van der Waals surface area contributed by atoms with E-state index in [-0.39, 0.29) is 11.8 Å². The van der Waals surface area contributed by atoms with Gasteiger partial charge >= 0.3 is 5.97 Å².